The average Bonchev–Trinajstić information content (AvgIpc) is 3.05. The van der Waals surface area contributed by atoms with Crippen molar-refractivity contribution in [1.29, 1.82) is 0 Å². The van der Waals surface area contributed by atoms with Crippen molar-refractivity contribution in [3.05, 3.63) is 45.8 Å². The maximum Gasteiger partial charge on any atom is 0.341 e. The Bertz CT molecular complexity index is 906. The van der Waals surface area contributed by atoms with Crippen LogP contribution >= 0.6 is 23.1 Å². The van der Waals surface area contributed by atoms with Crippen LogP contribution in [0.4, 0.5) is 5.00 Å². The van der Waals surface area contributed by atoms with E-state index in [9.17, 15) is 14.4 Å². The van der Waals surface area contributed by atoms with Crippen LogP contribution < -0.4 is 5.32 Å². The zero-order valence-electron chi connectivity index (χ0n) is 16.0. The zero-order valence-corrected chi connectivity index (χ0v) is 17.7. The summed E-state index contributed by atoms with van der Waals surface area (Å²) in [7, 11) is 1.33. The van der Waals surface area contributed by atoms with Crippen molar-refractivity contribution in [2.45, 2.75) is 31.7 Å². The summed E-state index contributed by atoms with van der Waals surface area (Å²) in [4.78, 5) is 40.5. The number of thiophene rings is 1. The summed E-state index contributed by atoms with van der Waals surface area (Å²) < 4.78 is 4.94. The molecule has 2 heterocycles. The maximum atomic E-state index is 12.7. The molecule has 148 valence electrons. The number of nitrogens with one attached hydrogen (secondary N) is 1. The number of ether oxygens (including phenoxy) is 1. The molecular formula is C20H22N2O4S2. The van der Waals surface area contributed by atoms with Gasteiger partial charge in [-0.05, 0) is 42.0 Å². The number of benzene rings is 1. The molecule has 1 aliphatic rings. The topological polar surface area (TPSA) is 75.7 Å². The summed E-state index contributed by atoms with van der Waals surface area (Å²) in [5.41, 5.74) is 1.78. The summed E-state index contributed by atoms with van der Waals surface area (Å²) in [5, 5.41) is 3.33. The molecule has 8 heteroatoms. The third-order valence-corrected chi connectivity index (χ3v) is 6.57. The fourth-order valence-corrected chi connectivity index (χ4v) is 5.03. The highest BCUT2D eigenvalue weighted by Gasteiger charge is 2.30. The number of rotatable bonds is 5. The molecule has 0 unspecified atom stereocenters. The highest BCUT2D eigenvalue weighted by molar-refractivity contribution is 7.99. The van der Waals surface area contributed by atoms with Gasteiger partial charge in [-0.25, -0.2) is 4.79 Å². The van der Waals surface area contributed by atoms with E-state index in [0.29, 0.717) is 35.6 Å². The standard InChI is InChI=1S/C20H22N2O4S2/c1-4-27-14-7-5-13(6-8-14)18(24)21-19-17(20(25)26-3)15-9-10-22(12(2)23)11-16(15)28-19/h5-8H,4,9-11H2,1-3H3,(H,21,24). The Morgan fingerprint density at radius 2 is 1.96 bits per heavy atom. The Morgan fingerprint density at radius 3 is 2.57 bits per heavy atom. The van der Waals surface area contributed by atoms with E-state index >= 15 is 0 Å². The van der Waals surface area contributed by atoms with Crippen LogP contribution in [0.15, 0.2) is 29.2 Å². The summed E-state index contributed by atoms with van der Waals surface area (Å²) in [5.74, 6) is 0.208. The van der Waals surface area contributed by atoms with Crippen molar-refractivity contribution < 1.29 is 19.1 Å². The smallest absolute Gasteiger partial charge is 0.341 e. The lowest BCUT2D eigenvalue weighted by Crippen LogP contribution is -2.33. The van der Waals surface area contributed by atoms with Gasteiger partial charge in [0.2, 0.25) is 5.91 Å². The molecule has 0 fully saturated rings. The van der Waals surface area contributed by atoms with Crippen LogP contribution in [0.1, 0.15) is 45.0 Å². The molecule has 0 spiro atoms. The zero-order chi connectivity index (χ0) is 20.3. The van der Waals surface area contributed by atoms with E-state index in [1.807, 2.05) is 12.1 Å². The minimum absolute atomic E-state index is 0.00528. The predicted octanol–water partition coefficient (Wildman–Crippen LogP) is 3.80. The number of esters is 1. The first kappa shape index (κ1) is 20.4. The van der Waals surface area contributed by atoms with Gasteiger partial charge in [0.1, 0.15) is 5.00 Å². The summed E-state index contributed by atoms with van der Waals surface area (Å²) in [6.45, 7) is 4.60. The van der Waals surface area contributed by atoms with Gasteiger partial charge in [-0.3, -0.25) is 9.59 Å². The maximum absolute atomic E-state index is 12.7. The molecule has 0 aliphatic carbocycles. The predicted molar refractivity (Wildman–Crippen MR) is 111 cm³/mol. The Balaban J connectivity index is 1.87. The first-order valence-electron chi connectivity index (χ1n) is 8.97. The molecule has 2 aromatic rings. The van der Waals surface area contributed by atoms with E-state index in [2.05, 4.69) is 12.2 Å². The van der Waals surface area contributed by atoms with Crippen molar-refractivity contribution in [2.75, 3.05) is 24.7 Å². The molecule has 3 rings (SSSR count). The van der Waals surface area contributed by atoms with Crippen molar-refractivity contribution in [3.63, 3.8) is 0 Å². The quantitative estimate of drug-likeness (QED) is 0.590. The van der Waals surface area contributed by atoms with Gasteiger partial charge in [0.15, 0.2) is 0 Å². The number of thioether (sulfide) groups is 1. The Kier molecular flexibility index (Phi) is 6.41. The molecule has 1 aromatic carbocycles. The number of hydrogen-bond acceptors (Lipinski definition) is 6. The van der Waals surface area contributed by atoms with Gasteiger partial charge in [0.05, 0.1) is 19.2 Å². The minimum Gasteiger partial charge on any atom is -0.465 e. The normalized spacial score (nSPS) is 13.0. The molecule has 6 nitrogen and oxygen atoms in total. The number of hydrogen-bond donors (Lipinski definition) is 1. The second-order valence-corrected chi connectivity index (χ2v) is 8.74. The highest BCUT2D eigenvalue weighted by Crippen LogP contribution is 2.38. The van der Waals surface area contributed by atoms with Gasteiger partial charge in [0, 0.05) is 28.8 Å². The van der Waals surface area contributed by atoms with E-state index in [-0.39, 0.29) is 11.8 Å². The van der Waals surface area contributed by atoms with E-state index in [4.69, 9.17) is 4.74 Å². The van der Waals surface area contributed by atoms with Crippen LogP contribution in [0.25, 0.3) is 0 Å². The molecule has 1 N–H and O–H groups in total. The van der Waals surface area contributed by atoms with E-state index < -0.39 is 5.97 Å². The van der Waals surface area contributed by atoms with Crippen molar-refractivity contribution in [2.24, 2.45) is 0 Å². The molecular weight excluding hydrogens is 396 g/mol. The number of fused-ring (bicyclic) bond motifs is 1. The van der Waals surface area contributed by atoms with Gasteiger partial charge in [-0.2, -0.15) is 0 Å². The lowest BCUT2D eigenvalue weighted by atomic mass is 10.0. The lowest BCUT2D eigenvalue weighted by molar-refractivity contribution is -0.129. The van der Waals surface area contributed by atoms with Gasteiger partial charge >= 0.3 is 5.97 Å². The summed E-state index contributed by atoms with van der Waals surface area (Å²) in [6.07, 6.45) is 0.564. The first-order valence-corrected chi connectivity index (χ1v) is 10.8. The molecule has 0 saturated carbocycles. The van der Waals surface area contributed by atoms with Crippen LogP contribution in [0, 0.1) is 0 Å². The number of methoxy groups -OCH3 is 1. The van der Waals surface area contributed by atoms with E-state index in [1.165, 1.54) is 25.4 Å². The molecule has 1 aromatic heterocycles. The number of amides is 2. The molecule has 1 aliphatic heterocycles. The number of nitrogens with zero attached hydrogens (tertiary/aromatic N) is 1. The van der Waals surface area contributed by atoms with Gasteiger partial charge in [-0.1, -0.05) is 6.92 Å². The lowest BCUT2D eigenvalue weighted by Gasteiger charge is -2.25. The van der Waals surface area contributed by atoms with Crippen molar-refractivity contribution in [3.8, 4) is 0 Å². The second-order valence-electron chi connectivity index (χ2n) is 6.30. The third kappa shape index (κ3) is 4.23. The number of carbonyl (C=O) groups is 3. The van der Waals surface area contributed by atoms with Crippen LogP contribution in [-0.4, -0.2) is 42.1 Å². The third-order valence-electron chi connectivity index (χ3n) is 4.55. The van der Waals surface area contributed by atoms with Crippen molar-refractivity contribution in [1.82, 2.24) is 4.90 Å². The van der Waals surface area contributed by atoms with Crippen LogP contribution in [-0.2, 0) is 22.5 Å². The Hall–Kier alpha value is -2.32. The number of carbonyl (C=O) groups excluding carboxylic acids is 3. The first-order chi connectivity index (χ1) is 13.4. The molecule has 0 saturated heterocycles. The molecule has 2 amide bonds. The van der Waals surface area contributed by atoms with E-state index in [0.717, 1.165) is 21.1 Å². The largest absolute Gasteiger partial charge is 0.465 e. The summed E-state index contributed by atoms with van der Waals surface area (Å²) >= 11 is 3.04. The Labute approximate surface area is 172 Å². The monoisotopic (exact) mass is 418 g/mol. The molecule has 0 atom stereocenters. The highest BCUT2D eigenvalue weighted by atomic mass is 32.2. The fourth-order valence-electron chi connectivity index (χ4n) is 3.12. The van der Waals surface area contributed by atoms with Crippen LogP contribution in [0.2, 0.25) is 0 Å². The van der Waals surface area contributed by atoms with Gasteiger partial charge in [-0.15, -0.1) is 23.1 Å². The average molecular weight is 419 g/mol. The SMILES string of the molecule is CCSc1ccc(C(=O)Nc2sc3c(c2C(=O)OC)CCN(C(C)=O)C3)cc1. The van der Waals surface area contributed by atoms with Crippen LogP contribution in [0.3, 0.4) is 0 Å². The second kappa shape index (κ2) is 8.79. The minimum atomic E-state index is -0.473. The van der Waals surface area contributed by atoms with E-state index in [1.54, 1.807) is 28.8 Å². The van der Waals surface area contributed by atoms with Gasteiger partial charge in [0.25, 0.3) is 5.91 Å². The van der Waals surface area contributed by atoms with Crippen molar-refractivity contribution >= 4 is 45.9 Å². The van der Waals surface area contributed by atoms with Crippen LogP contribution in [0.5, 0.6) is 0 Å². The fraction of sp³-hybridized carbons (Fsp3) is 0.350. The number of anilines is 1. The van der Waals surface area contributed by atoms with Gasteiger partial charge < -0.3 is 15.0 Å². The molecule has 28 heavy (non-hydrogen) atoms. The molecule has 0 radical (unpaired) electrons. The molecule has 0 bridgehead atoms. The summed E-state index contributed by atoms with van der Waals surface area (Å²) in [6, 6.07) is 7.37. The Morgan fingerprint density at radius 1 is 1.25 bits per heavy atom.